The third-order valence-electron chi connectivity index (χ3n) is 5.97. The molecule has 1 unspecified atom stereocenters. The molecular weight excluding hydrogens is 360 g/mol. The van der Waals surface area contributed by atoms with E-state index in [0.29, 0.717) is 6.04 Å². The number of hydrogen-bond donors (Lipinski definition) is 1. The molecule has 6 heteroatoms. The lowest BCUT2D eigenvalue weighted by Crippen LogP contribution is -2.30. The molecule has 0 radical (unpaired) electrons. The summed E-state index contributed by atoms with van der Waals surface area (Å²) in [6, 6.07) is 10.9. The predicted molar refractivity (Wildman–Crippen MR) is 117 cm³/mol. The van der Waals surface area contributed by atoms with Gasteiger partial charge in [0.1, 0.15) is 5.65 Å². The van der Waals surface area contributed by atoms with E-state index in [-0.39, 0.29) is 0 Å². The first-order valence-electron chi connectivity index (χ1n) is 10.6. The van der Waals surface area contributed by atoms with E-state index < -0.39 is 0 Å². The Morgan fingerprint density at radius 2 is 2.07 bits per heavy atom. The Morgan fingerprint density at radius 1 is 1.17 bits per heavy atom. The Kier molecular flexibility index (Phi) is 6.23. The Bertz CT molecular complexity index is 949. The SMILES string of the molecule is CNCCN(C)Cc1c(CN(C)C2CCCc3cccnc32)nc2ccccn12. The topological polar surface area (TPSA) is 48.7 Å². The lowest BCUT2D eigenvalue weighted by molar-refractivity contribution is 0.205. The molecule has 29 heavy (non-hydrogen) atoms. The maximum atomic E-state index is 5.00. The van der Waals surface area contributed by atoms with E-state index in [0.717, 1.165) is 50.4 Å². The van der Waals surface area contributed by atoms with E-state index >= 15 is 0 Å². The van der Waals surface area contributed by atoms with Gasteiger partial charge in [-0.05, 0) is 64.2 Å². The number of nitrogens with zero attached hydrogens (tertiary/aromatic N) is 5. The van der Waals surface area contributed by atoms with E-state index in [4.69, 9.17) is 9.97 Å². The van der Waals surface area contributed by atoms with Crippen molar-refractivity contribution in [1.82, 2.24) is 29.5 Å². The molecule has 0 aromatic carbocycles. The Balaban J connectivity index is 1.60. The number of rotatable bonds is 8. The molecule has 3 aromatic heterocycles. The largest absolute Gasteiger partial charge is 0.318 e. The fraction of sp³-hybridized carbons (Fsp3) is 0.478. The average Bonchev–Trinajstić information content (AvgIpc) is 3.08. The van der Waals surface area contributed by atoms with Crippen molar-refractivity contribution in [3.63, 3.8) is 0 Å². The average molecular weight is 393 g/mol. The predicted octanol–water partition coefficient (Wildman–Crippen LogP) is 2.89. The number of fused-ring (bicyclic) bond motifs is 2. The first-order chi connectivity index (χ1) is 14.2. The monoisotopic (exact) mass is 392 g/mol. The standard InChI is InChI=1S/C23H32N6/c1-24-13-15-27(2)17-21-19(26-22-11-4-5-14-29(21)22)16-28(3)20-10-6-8-18-9-7-12-25-23(18)20/h4-5,7,9,11-12,14,20,24H,6,8,10,13,15-17H2,1-3H3. The van der Waals surface area contributed by atoms with Gasteiger partial charge in [-0.2, -0.15) is 0 Å². The quantitative estimate of drug-likeness (QED) is 0.639. The first kappa shape index (κ1) is 20.0. The van der Waals surface area contributed by atoms with E-state index in [1.165, 1.54) is 23.4 Å². The smallest absolute Gasteiger partial charge is 0.137 e. The summed E-state index contributed by atoms with van der Waals surface area (Å²) < 4.78 is 2.24. The molecule has 0 bridgehead atoms. The Morgan fingerprint density at radius 3 is 2.93 bits per heavy atom. The highest BCUT2D eigenvalue weighted by atomic mass is 15.2. The van der Waals surface area contributed by atoms with Gasteiger partial charge in [0.2, 0.25) is 0 Å². The van der Waals surface area contributed by atoms with Crippen LogP contribution in [0.3, 0.4) is 0 Å². The molecule has 1 N–H and O–H groups in total. The van der Waals surface area contributed by atoms with Crippen LogP contribution >= 0.6 is 0 Å². The van der Waals surface area contributed by atoms with Crippen LogP contribution in [-0.2, 0) is 19.5 Å². The van der Waals surface area contributed by atoms with Crippen molar-refractivity contribution in [2.24, 2.45) is 0 Å². The highest BCUT2D eigenvalue weighted by Gasteiger charge is 2.26. The van der Waals surface area contributed by atoms with E-state index in [1.807, 2.05) is 13.2 Å². The van der Waals surface area contributed by atoms with Gasteiger partial charge in [-0.1, -0.05) is 12.1 Å². The molecule has 4 rings (SSSR count). The molecule has 0 saturated carbocycles. The van der Waals surface area contributed by atoms with Gasteiger partial charge in [-0.3, -0.25) is 14.8 Å². The number of aromatic nitrogens is 3. The fourth-order valence-corrected chi connectivity index (χ4v) is 4.39. The number of nitrogens with one attached hydrogen (secondary N) is 1. The molecular formula is C23H32N6. The van der Waals surface area contributed by atoms with Gasteiger partial charge in [0, 0.05) is 38.6 Å². The summed E-state index contributed by atoms with van der Waals surface area (Å²) in [4.78, 5) is 14.5. The van der Waals surface area contributed by atoms with Crippen molar-refractivity contribution in [2.45, 2.75) is 38.4 Å². The molecule has 0 amide bonds. The summed E-state index contributed by atoms with van der Waals surface area (Å²) in [5.41, 5.74) is 6.12. The van der Waals surface area contributed by atoms with E-state index in [1.54, 1.807) is 0 Å². The van der Waals surface area contributed by atoms with Gasteiger partial charge in [0.25, 0.3) is 0 Å². The molecule has 0 spiro atoms. The van der Waals surface area contributed by atoms with Crippen molar-refractivity contribution in [3.05, 3.63) is 65.4 Å². The summed E-state index contributed by atoms with van der Waals surface area (Å²) >= 11 is 0. The van der Waals surface area contributed by atoms with Gasteiger partial charge < -0.3 is 9.72 Å². The number of hydrogen-bond acceptors (Lipinski definition) is 5. The van der Waals surface area contributed by atoms with Crippen LogP contribution in [0.2, 0.25) is 0 Å². The van der Waals surface area contributed by atoms with Crippen molar-refractivity contribution < 1.29 is 0 Å². The second kappa shape index (κ2) is 9.03. The van der Waals surface area contributed by atoms with Crippen LogP contribution in [0.5, 0.6) is 0 Å². The molecule has 6 nitrogen and oxygen atoms in total. The highest BCUT2D eigenvalue weighted by molar-refractivity contribution is 5.43. The zero-order valence-electron chi connectivity index (χ0n) is 17.8. The van der Waals surface area contributed by atoms with Gasteiger partial charge in [0.05, 0.1) is 23.1 Å². The van der Waals surface area contributed by atoms with Gasteiger partial charge in [0.15, 0.2) is 0 Å². The third kappa shape index (κ3) is 4.34. The number of aryl methyl sites for hydroxylation is 1. The minimum Gasteiger partial charge on any atom is -0.318 e. The van der Waals surface area contributed by atoms with Crippen LogP contribution in [0.1, 0.15) is 41.5 Å². The Labute approximate surface area is 173 Å². The van der Waals surface area contributed by atoms with Crippen molar-refractivity contribution in [1.29, 1.82) is 0 Å². The van der Waals surface area contributed by atoms with Gasteiger partial charge >= 0.3 is 0 Å². The normalized spacial score (nSPS) is 16.7. The zero-order valence-corrected chi connectivity index (χ0v) is 17.8. The van der Waals surface area contributed by atoms with Crippen molar-refractivity contribution >= 4 is 5.65 Å². The minimum absolute atomic E-state index is 0.361. The number of likely N-dealkylation sites (N-methyl/N-ethyl adjacent to an activating group) is 2. The summed E-state index contributed by atoms with van der Waals surface area (Å²) in [7, 11) is 6.39. The lowest BCUT2D eigenvalue weighted by atomic mass is 9.91. The van der Waals surface area contributed by atoms with E-state index in [9.17, 15) is 0 Å². The maximum absolute atomic E-state index is 5.00. The lowest BCUT2D eigenvalue weighted by Gasteiger charge is -2.32. The first-order valence-corrected chi connectivity index (χ1v) is 10.6. The van der Waals surface area contributed by atoms with Gasteiger partial charge in [-0.15, -0.1) is 0 Å². The second-order valence-electron chi connectivity index (χ2n) is 8.15. The fourth-order valence-electron chi connectivity index (χ4n) is 4.39. The van der Waals surface area contributed by atoms with Crippen molar-refractivity contribution in [2.75, 3.05) is 34.2 Å². The molecule has 0 fully saturated rings. The summed E-state index contributed by atoms with van der Waals surface area (Å²) in [5.74, 6) is 0. The summed E-state index contributed by atoms with van der Waals surface area (Å²) in [5, 5.41) is 3.24. The number of imidazole rings is 1. The third-order valence-corrected chi connectivity index (χ3v) is 5.97. The van der Waals surface area contributed by atoms with E-state index in [2.05, 4.69) is 70.1 Å². The van der Waals surface area contributed by atoms with Crippen LogP contribution in [-0.4, -0.2) is 58.4 Å². The van der Waals surface area contributed by atoms with Crippen LogP contribution in [0.25, 0.3) is 5.65 Å². The zero-order chi connectivity index (χ0) is 20.2. The molecule has 154 valence electrons. The van der Waals surface area contributed by atoms with Crippen LogP contribution in [0.15, 0.2) is 42.7 Å². The second-order valence-corrected chi connectivity index (χ2v) is 8.15. The molecule has 0 aliphatic heterocycles. The molecule has 1 aliphatic rings. The van der Waals surface area contributed by atoms with Crippen LogP contribution in [0, 0.1) is 0 Å². The minimum atomic E-state index is 0.361. The highest BCUT2D eigenvalue weighted by Crippen LogP contribution is 2.33. The Hall–Kier alpha value is -2.28. The molecule has 1 aliphatic carbocycles. The molecule has 0 saturated heterocycles. The summed E-state index contributed by atoms with van der Waals surface area (Å²) in [6.45, 7) is 3.70. The van der Waals surface area contributed by atoms with Gasteiger partial charge in [-0.25, -0.2) is 4.98 Å². The van der Waals surface area contributed by atoms with Crippen LogP contribution < -0.4 is 5.32 Å². The molecule has 1 atom stereocenters. The maximum Gasteiger partial charge on any atom is 0.137 e. The summed E-state index contributed by atoms with van der Waals surface area (Å²) in [6.07, 6.45) is 7.58. The number of pyridine rings is 2. The van der Waals surface area contributed by atoms with Crippen molar-refractivity contribution in [3.8, 4) is 0 Å². The van der Waals surface area contributed by atoms with Crippen LogP contribution in [0.4, 0.5) is 0 Å². The molecule has 3 heterocycles. The molecule has 3 aromatic rings.